The number of carbonyl (C=O) groups is 1. The number of aromatic nitrogens is 5. The van der Waals surface area contributed by atoms with Crippen LogP contribution in [0.4, 0.5) is 13.2 Å². The van der Waals surface area contributed by atoms with Gasteiger partial charge in [-0.25, -0.2) is 0 Å². The molecule has 0 fully saturated rings. The molecular weight excluding hydrogens is 433 g/mol. The van der Waals surface area contributed by atoms with Crippen molar-refractivity contribution in [1.82, 2.24) is 29.9 Å². The minimum atomic E-state index is -4.41. The van der Waals surface area contributed by atoms with Crippen molar-refractivity contribution in [1.29, 1.82) is 0 Å². The van der Waals surface area contributed by atoms with E-state index in [0.29, 0.717) is 29.9 Å². The second kappa shape index (κ2) is 7.80. The van der Waals surface area contributed by atoms with E-state index in [1.54, 1.807) is 46.9 Å². The summed E-state index contributed by atoms with van der Waals surface area (Å²) in [7, 11) is 1.77. The van der Waals surface area contributed by atoms with E-state index >= 15 is 0 Å². The number of benzene rings is 2. The van der Waals surface area contributed by atoms with Crippen LogP contribution in [0.15, 0.2) is 61.1 Å². The van der Waals surface area contributed by atoms with E-state index in [1.807, 2.05) is 6.20 Å². The molecule has 5 aromatic rings. The average Bonchev–Trinajstić information content (AvgIpc) is 3.49. The first kappa shape index (κ1) is 20.8. The molecule has 7 nitrogen and oxygen atoms in total. The van der Waals surface area contributed by atoms with Crippen LogP contribution in [0.1, 0.15) is 21.5 Å². The van der Waals surface area contributed by atoms with Crippen LogP contribution in [0.3, 0.4) is 0 Å². The van der Waals surface area contributed by atoms with Gasteiger partial charge in [0.1, 0.15) is 0 Å². The molecule has 2 N–H and O–H groups in total. The van der Waals surface area contributed by atoms with Gasteiger partial charge in [-0.2, -0.15) is 23.4 Å². The minimum Gasteiger partial charge on any atom is -0.352 e. The summed E-state index contributed by atoms with van der Waals surface area (Å²) in [6, 6.07) is 10.2. The number of nitrogens with zero attached hydrogens (tertiary/aromatic N) is 4. The molecule has 0 saturated heterocycles. The molecule has 0 atom stereocenters. The van der Waals surface area contributed by atoms with Gasteiger partial charge in [-0.05, 0) is 54.4 Å². The van der Waals surface area contributed by atoms with Crippen LogP contribution in [-0.4, -0.2) is 37.0 Å². The first-order valence-corrected chi connectivity index (χ1v) is 10.2. The molecule has 0 radical (unpaired) electrons. The highest BCUT2D eigenvalue weighted by Crippen LogP contribution is 2.34. The van der Waals surface area contributed by atoms with Crippen LogP contribution in [0.25, 0.3) is 27.6 Å². The van der Waals surface area contributed by atoms with Gasteiger partial charge in [0.15, 0.2) is 5.65 Å². The van der Waals surface area contributed by atoms with Gasteiger partial charge in [0.25, 0.3) is 5.91 Å². The number of hydrogen-bond donors (Lipinski definition) is 2. The number of rotatable bonds is 5. The van der Waals surface area contributed by atoms with Gasteiger partial charge in [0.2, 0.25) is 0 Å². The lowest BCUT2D eigenvalue weighted by molar-refractivity contribution is -0.137. The molecule has 1 amide bonds. The van der Waals surface area contributed by atoms with Crippen molar-refractivity contribution in [3.63, 3.8) is 0 Å². The first-order valence-electron chi connectivity index (χ1n) is 10.2. The fourth-order valence-electron chi connectivity index (χ4n) is 3.93. The van der Waals surface area contributed by atoms with Crippen LogP contribution in [0.5, 0.6) is 0 Å². The summed E-state index contributed by atoms with van der Waals surface area (Å²) in [5.74, 6) is -0.209. The predicted molar refractivity (Wildman–Crippen MR) is 117 cm³/mol. The van der Waals surface area contributed by atoms with Gasteiger partial charge >= 0.3 is 6.18 Å². The lowest BCUT2D eigenvalue weighted by Crippen LogP contribution is -2.25. The Kier molecular flexibility index (Phi) is 4.92. The zero-order valence-electron chi connectivity index (χ0n) is 17.5. The molecule has 3 aromatic heterocycles. The lowest BCUT2D eigenvalue weighted by Gasteiger charge is -2.10. The maximum absolute atomic E-state index is 13.0. The molecule has 0 unspecified atom stereocenters. The fourth-order valence-corrected chi connectivity index (χ4v) is 3.93. The number of H-pyrrole nitrogens is 1. The molecule has 2 aromatic carbocycles. The van der Waals surface area contributed by atoms with Crippen LogP contribution >= 0.6 is 0 Å². The number of fused-ring (bicyclic) bond motifs is 3. The van der Waals surface area contributed by atoms with Gasteiger partial charge in [0, 0.05) is 48.0 Å². The van der Waals surface area contributed by atoms with Crippen molar-refractivity contribution >= 4 is 27.8 Å². The Morgan fingerprint density at radius 1 is 1.12 bits per heavy atom. The van der Waals surface area contributed by atoms with Gasteiger partial charge in [-0.15, -0.1) is 0 Å². The quantitative estimate of drug-likeness (QED) is 0.419. The third-order valence-electron chi connectivity index (χ3n) is 5.52. The van der Waals surface area contributed by atoms with E-state index in [0.717, 1.165) is 34.0 Å². The Hall–Kier alpha value is -4.08. The van der Waals surface area contributed by atoms with Crippen molar-refractivity contribution in [2.24, 2.45) is 7.05 Å². The van der Waals surface area contributed by atoms with Gasteiger partial charge in [0.05, 0.1) is 17.3 Å². The van der Waals surface area contributed by atoms with E-state index in [2.05, 4.69) is 20.6 Å². The van der Waals surface area contributed by atoms with Crippen LogP contribution in [0.2, 0.25) is 0 Å². The molecule has 33 heavy (non-hydrogen) atoms. The summed E-state index contributed by atoms with van der Waals surface area (Å²) in [5, 5.41) is 15.6. The van der Waals surface area contributed by atoms with Crippen molar-refractivity contribution < 1.29 is 18.0 Å². The molecule has 10 heteroatoms. The van der Waals surface area contributed by atoms with Crippen molar-refractivity contribution in [3.05, 3.63) is 77.7 Å². The Morgan fingerprint density at radius 2 is 1.91 bits per heavy atom. The molecule has 0 aliphatic heterocycles. The Morgan fingerprint density at radius 3 is 2.61 bits per heavy atom. The normalized spacial score (nSPS) is 12.0. The SMILES string of the molecule is Cn1cc2c3cc(C(=O)NCCc4cn[nH]c4)ccc3n(-c3ccc(C(F)(F)F)cc3)c2n1. The first-order chi connectivity index (χ1) is 15.8. The van der Waals surface area contributed by atoms with Crippen LogP contribution < -0.4 is 5.32 Å². The lowest BCUT2D eigenvalue weighted by atomic mass is 10.1. The number of aryl methyl sites for hydroxylation is 1. The fraction of sp³-hybridized carbons (Fsp3) is 0.174. The summed E-state index contributed by atoms with van der Waals surface area (Å²) in [5.41, 5.74) is 2.68. The number of hydrogen-bond acceptors (Lipinski definition) is 3. The number of halogens is 3. The zero-order valence-corrected chi connectivity index (χ0v) is 17.5. The molecule has 5 rings (SSSR count). The molecule has 0 bridgehead atoms. The third-order valence-corrected chi connectivity index (χ3v) is 5.52. The monoisotopic (exact) mass is 452 g/mol. The van der Waals surface area contributed by atoms with Gasteiger partial charge < -0.3 is 5.32 Å². The molecule has 3 heterocycles. The summed E-state index contributed by atoms with van der Waals surface area (Å²) in [6.07, 6.45) is 1.57. The van der Waals surface area contributed by atoms with E-state index in [9.17, 15) is 18.0 Å². The maximum atomic E-state index is 13.0. The van der Waals surface area contributed by atoms with E-state index < -0.39 is 11.7 Å². The van der Waals surface area contributed by atoms with Crippen molar-refractivity contribution in [3.8, 4) is 5.69 Å². The zero-order chi connectivity index (χ0) is 23.2. The molecule has 168 valence electrons. The van der Waals surface area contributed by atoms with E-state index in [4.69, 9.17) is 0 Å². The Balaban J connectivity index is 1.51. The van der Waals surface area contributed by atoms with Crippen LogP contribution in [0, 0.1) is 0 Å². The highest BCUT2D eigenvalue weighted by Gasteiger charge is 2.30. The topological polar surface area (TPSA) is 80.5 Å². The van der Waals surface area contributed by atoms with Crippen molar-refractivity contribution in [2.75, 3.05) is 6.54 Å². The average molecular weight is 452 g/mol. The second-order valence-corrected chi connectivity index (χ2v) is 7.76. The predicted octanol–water partition coefficient (Wildman–Crippen LogP) is 4.23. The number of aromatic amines is 1. The molecule has 0 spiro atoms. The Bertz CT molecular complexity index is 1450. The molecule has 0 saturated carbocycles. The minimum absolute atomic E-state index is 0.209. The van der Waals surface area contributed by atoms with Crippen LogP contribution in [-0.2, 0) is 19.6 Å². The summed E-state index contributed by atoms with van der Waals surface area (Å²) >= 11 is 0. The number of alkyl halides is 3. The molecular formula is C23H19F3N6O. The number of amides is 1. The standard InChI is InChI=1S/C23H19F3N6O/c1-31-13-19-18-10-15(22(33)27-9-8-14-11-28-29-12-14)2-7-20(18)32(21(19)30-31)17-5-3-16(4-6-17)23(24,25)26/h2-7,10-13H,8-9H2,1H3,(H,27,33)(H,28,29). The van der Waals surface area contributed by atoms with Gasteiger partial charge in [-0.1, -0.05) is 0 Å². The molecule has 0 aliphatic rings. The highest BCUT2D eigenvalue weighted by atomic mass is 19.4. The Labute approximate surface area is 185 Å². The summed E-state index contributed by atoms with van der Waals surface area (Å²) in [6.45, 7) is 0.464. The van der Waals surface area contributed by atoms with E-state index in [1.165, 1.54) is 12.1 Å². The second-order valence-electron chi connectivity index (χ2n) is 7.76. The molecule has 0 aliphatic carbocycles. The largest absolute Gasteiger partial charge is 0.416 e. The number of carbonyl (C=O) groups excluding carboxylic acids is 1. The smallest absolute Gasteiger partial charge is 0.352 e. The summed E-state index contributed by atoms with van der Waals surface area (Å²) < 4.78 is 42.4. The van der Waals surface area contributed by atoms with E-state index in [-0.39, 0.29) is 5.91 Å². The van der Waals surface area contributed by atoms with Gasteiger partial charge in [-0.3, -0.25) is 19.1 Å². The van der Waals surface area contributed by atoms with Crippen molar-refractivity contribution in [2.45, 2.75) is 12.6 Å². The summed E-state index contributed by atoms with van der Waals surface area (Å²) in [4.78, 5) is 12.7. The maximum Gasteiger partial charge on any atom is 0.416 e. The number of nitrogens with one attached hydrogen (secondary N) is 2. The highest BCUT2D eigenvalue weighted by molar-refractivity contribution is 6.10. The third kappa shape index (κ3) is 3.84.